The van der Waals surface area contributed by atoms with Gasteiger partial charge in [-0.2, -0.15) is 0 Å². The van der Waals surface area contributed by atoms with Crippen molar-refractivity contribution in [3.63, 3.8) is 0 Å². The van der Waals surface area contributed by atoms with Crippen LogP contribution >= 0.6 is 22.6 Å². The molecule has 0 spiro atoms. The highest BCUT2D eigenvalue weighted by Crippen LogP contribution is 2.33. The molecule has 0 saturated heterocycles. The van der Waals surface area contributed by atoms with E-state index in [1.165, 1.54) is 9.13 Å². The Morgan fingerprint density at radius 3 is 2.48 bits per heavy atom. The largest absolute Gasteiger partial charge is 0.490 e. The van der Waals surface area contributed by atoms with Gasteiger partial charge in [-0.1, -0.05) is 6.07 Å². The average molecular weight is 395 g/mol. The smallest absolute Gasteiger partial charge is 0.161 e. The number of ether oxygens (including phenoxy) is 2. The van der Waals surface area contributed by atoms with E-state index in [-0.39, 0.29) is 6.04 Å². The van der Waals surface area contributed by atoms with Crippen molar-refractivity contribution in [2.75, 3.05) is 18.5 Å². The monoisotopic (exact) mass is 395 g/mol. The zero-order valence-corrected chi connectivity index (χ0v) is 14.1. The first-order chi connectivity index (χ1) is 10.2. The van der Waals surface area contributed by atoms with Crippen molar-refractivity contribution < 1.29 is 9.47 Å². The summed E-state index contributed by atoms with van der Waals surface area (Å²) in [5.74, 6) is 1.69. The summed E-state index contributed by atoms with van der Waals surface area (Å²) in [5, 5.41) is 3.51. The van der Waals surface area contributed by atoms with Crippen LogP contribution < -0.4 is 14.8 Å². The molecule has 1 N–H and O–H groups in total. The van der Waals surface area contributed by atoms with Crippen LogP contribution in [-0.2, 0) is 0 Å². The number of rotatable bonds is 3. The van der Waals surface area contributed by atoms with E-state index in [0.29, 0.717) is 0 Å². The van der Waals surface area contributed by atoms with Gasteiger partial charge < -0.3 is 14.8 Å². The molecular formula is C17H18INO2. The zero-order chi connectivity index (χ0) is 14.7. The van der Waals surface area contributed by atoms with Crippen LogP contribution in [0.1, 0.15) is 24.9 Å². The van der Waals surface area contributed by atoms with Gasteiger partial charge in [-0.25, -0.2) is 0 Å². The molecule has 3 rings (SSSR count). The molecule has 2 aromatic carbocycles. The maximum atomic E-state index is 5.75. The van der Waals surface area contributed by atoms with E-state index in [4.69, 9.17) is 9.47 Å². The Bertz CT molecular complexity index is 613. The van der Waals surface area contributed by atoms with Crippen molar-refractivity contribution in [2.45, 2.75) is 19.4 Å². The second-order valence-electron chi connectivity index (χ2n) is 5.13. The topological polar surface area (TPSA) is 30.5 Å². The van der Waals surface area contributed by atoms with Gasteiger partial charge in [-0.05, 0) is 71.5 Å². The maximum Gasteiger partial charge on any atom is 0.161 e. The fourth-order valence-electron chi connectivity index (χ4n) is 2.33. The number of halogens is 1. The predicted molar refractivity (Wildman–Crippen MR) is 93.2 cm³/mol. The number of fused-ring (bicyclic) bond motifs is 1. The highest BCUT2D eigenvalue weighted by Gasteiger charge is 2.13. The molecule has 0 fully saturated rings. The van der Waals surface area contributed by atoms with E-state index >= 15 is 0 Å². The second-order valence-corrected chi connectivity index (χ2v) is 6.38. The zero-order valence-electron chi connectivity index (χ0n) is 11.9. The molecule has 4 heteroatoms. The summed E-state index contributed by atoms with van der Waals surface area (Å²) in [4.78, 5) is 0. The molecule has 0 bridgehead atoms. The lowest BCUT2D eigenvalue weighted by molar-refractivity contribution is 0.297. The standard InChI is InChI=1S/C17H18INO2/c1-12(19-15-6-4-14(18)5-7-15)13-3-8-16-17(11-13)21-10-2-9-20-16/h3-8,11-12,19H,2,9-10H2,1H3. The summed E-state index contributed by atoms with van der Waals surface area (Å²) in [7, 11) is 0. The third-order valence-electron chi connectivity index (χ3n) is 3.50. The molecule has 1 aliphatic heterocycles. The lowest BCUT2D eigenvalue weighted by Gasteiger charge is -2.17. The molecule has 1 heterocycles. The highest BCUT2D eigenvalue weighted by molar-refractivity contribution is 14.1. The molecule has 21 heavy (non-hydrogen) atoms. The summed E-state index contributed by atoms with van der Waals surface area (Å²) in [6.07, 6.45) is 0.931. The van der Waals surface area contributed by atoms with Gasteiger partial charge in [-0.3, -0.25) is 0 Å². The van der Waals surface area contributed by atoms with Crippen molar-refractivity contribution in [3.8, 4) is 11.5 Å². The lowest BCUT2D eigenvalue weighted by Crippen LogP contribution is -2.07. The summed E-state index contributed by atoms with van der Waals surface area (Å²) >= 11 is 2.31. The minimum absolute atomic E-state index is 0.210. The van der Waals surface area contributed by atoms with Crippen LogP contribution in [-0.4, -0.2) is 13.2 Å². The van der Waals surface area contributed by atoms with Crippen LogP contribution in [0, 0.1) is 3.57 Å². The van der Waals surface area contributed by atoms with Crippen molar-refractivity contribution in [2.24, 2.45) is 0 Å². The Morgan fingerprint density at radius 2 is 1.71 bits per heavy atom. The summed E-state index contributed by atoms with van der Waals surface area (Å²) in [6.45, 7) is 3.59. The van der Waals surface area contributed by atoms with E-state index in [1.807, 2.05) is 6.07 Å². The molecule has 1 atom stereocenters. The van der Waals surface area contributed by atoms with Gasteiger partial charge in [0.15, 0.2) is 11.5 Å². The molecule has 1 unspecified atom stereocenters. The van der Waals surface area contributed by atoms with Crippen LogP contribution in [0.5, 0.6) is 11.5 Å². The van der Waals surface area contributed by atoms with Crippen LogP contribution in [0.15, 0.2) is 42.5 Å². The normalized spacial score (nSPS) is 15.1. The quantitative estimate of drug-likeness (QED) is 0.770. The van der Waals surface area contributed by atoms with Gasteiger partial charge in [-0.15, -0.1) is 0 Å². The van der Waals surface area contributed by atoms with Gasteiger partial charge in [0.25, 0.3) is 0 Å². The van der Waals surface area contributed by atoms with Crippen LogP contribution in [0.2, 0.25) is 0 Å². The molecule has 1 aliphatic rings. The van der Waals surface area contributed by atoms with E-state index < -0.39 is 0 Å². The number of hydrogen-bond donors (Lipinski definition) is 1. The molecule has 3 nitrogen and oxygen atoms in total. The van der Waals surface area contributed by atoms with Crippen LogP contribution in [0.4, 0.5) is 5.69 Å². The summed E-state index contributed by atoms with van der Waals surface area (Å²) < 4.78 is 12.7. The molecule has 110 valence electrons. The van der Waals surface area contributed by atoms with E-state index in [9.17, 15) is 0 Å². The Balaban J connectivity index is 1.76. The van der Waals surface area contributed by atoms with E-state index in [0.717, 1.165) is 36.8 Å². The number of anilines is 1. The van der Waals surface area contributed by atoms with Crippen LogP contribution in [0.25, 0.3) is 0 Å². The van der Waals surface area contributed by atoms with Gasteiger partial charge in [0.1, 0.15) is 0 Å². The third kappa shape index (κ3) is 3.61. The Kier molecular flexibility index (Phi) is 4.53. The fraction of sp³-hybridized carbons (Fsp3) is 0.294. The van der Waals surface area contributed by atoms with Gasteiger partial charge >= 0.3 is 0 Å². The first-order valence-electron chi connectivity index (χ1n) is 7.14. The first-order valence-corrected chi connectivity index (χ1v) is 8.22. The van der Waals surface area contributed by atoms with Crippen molar-refractivity contribution >= 4 is 28.3 Å². The molecule has 0 amide bonds. The van der Waals surface area contributed by atoms with Crippen molar-refractivity contribution in [3.05, 3.63) is 51.6 Å². The molecule has 0 aliphatic carbocycles. The number of hydrogen-bond acceptors (Lipinski definition) is 3. The number of benzene rings is 2. The minimum Gasteiger partial charge on any atom is -0.490 e. The first kappa shape index (κ1) is 14.5. The molecule has 0 saturated carbocycles. The van der Waals surface area contributed by atoms with Crippen molar-refractivity contribution in [1.82, 2.24) is 0 Å². The van der Waals surface area contributed by atoms with Crippen molar-refractivity contribution in [1.29, 1.82) is 0 Å². The van der Waals surface area contributed by atoms with E-state index in [1.54, 1.807) is 0 Å². The van der Waals surface area contributed by atoms with E-state index in [2.05, 4.69) is 71.2 Å². The van der Waals surface area contributed by atoms with Gasteiger partial charge in [0.05, 0.1) is 13.2 Å². The molecule has 2 aromatic rings. The van der Waals surface area contributed by atoms with Gasteiger partial charge in [0.2, 0.25) is 0 Å². The molecular weight excluding hydrogens is 377 g/mol. The Labute approximate surface area is 138 Å². The number of nitrogens with one attached hydrogen (secondary N) is 1. The summed E-state index contributed by atoms with van der Waals surface area (Å²) in [6, 6.07) is 14.8. The minimum atomic E-state index is 0.210. The van der Waals surface area contributed by atoms with Gasteiger partial charge in [0, 0.05) is 21.7 Å². The average Bonchev–Trinajstić information content (AvgIpc) is 2.74. The molecule has 0 aromatic heterocycles. The lowest BCUT2D eigenvalue weighted by atomic mass is 10.1. The molecule has 0 radical (unpaired) electrons. The van der Waals surface area contributed by atoms with Crippen LogP contribution in [0.3, 0.4) is 0 Å². The SMILES string of the molecule is CC(Nc1ccc(I)cc1)c1ccc2c(c1)OCCCO2. The Morgan fingerprint density at radius 1 is 1.00 bits per heavy atom. The summed E-state index contributed by atoms with van der Waals surface area (Å²) in [5.41, 5.74) is 2.31. The Hall–Kier alpha value is -1.43. The highest BCUT2D eigenvalue weighted by atomic mass is 127. The second kappa shape index (κ2) is 6.56. The fourth-order valence-corrected chi connectivity index (χ4v) is 2.69. The third-order valence-corrected chi connectivity index (χ3v) is 4.22. The predicted octanol–water partition coefficient (Wildman–Crippen LogP) is 4.63. The maximum absolute atomic E-state index is 5.75.